The number of benzene rings is 1. The molecule has 0 fully saturated rings. The molecule has 2 atom stereocenters. The first-order chi connectivity index (χ1) is 8.93. The van der Waals surface area contributed by atoms with E-state index in [2.05, 4.69) is 38.1 Å². The van der Waals surface area contributed by atoms with Crippen molar-refractivity contribution in [2.24, 2.45) is 5.73 Å². The molecular weight excluding hydrogens is 240 g/mol. The van der Waals surface area contributed by atoms with Gasteiger partial charge in [0.15, 0.2) is 0 Å². The van der Waals surface area contributed by atoms with Gasteiger partial charge in [0.1, 0.15) is 6.04 Å². The van der Waals surface area contributed by atoms with E-state index in [0.717, 1.165) is 6.42 Å². The van der Waals surface area contributed by atoms with E-state index in [-0.39, 0.29) is 0 Å². The summed E-state index contributed by atoms with van der Waals surface area (Å²) in [6.45, 7) is 5.46. The number of likely N-dealkylation sites (N-methyl/N-ethyl adjacent to an activating group) is 1. The van der Waals surface area contributed by atoms with Crippen LogP contribution in [0.25, 0.3) is 0 Å². The second kappa shape index (κ2) is 7.26. The van der Waals surface area contributed by atoms with E-state index < -0.39 is 12.0 Å². The second-order valence-electron chi connectivity index (χ2n) is 5.19. The number of rotatable bonds is 7. The molecule has 4 nitrogen and oxygen atoms in total. The minimum absolute atomic E-state index is 0.350. The lowest BCUT2D eigenvalue weighted by Crippen LogP contribution is -2.40. The van der Waals surface area contributed by atoms with Crippen LogP contribution in [0.4, 0.5) is 0 Å². The van der Waals surface area contributed by atoms with Crippen LogP contribution in [0, 0.1) is 0 Å². The minimum atomic E-state index is -0.959. The summed E-state index contributed by atoms with van der Waals surface area (Å²) in [7, 11) is 1.88. The maximum absolute atomic E-state index is 10.7. The highest BCUT2D eigenvalue weighted by atomic mass is 16.4. The predicted octanol–water partition coefficient (Wildman–Crippen LogP) is 2.04. The number of nitrogens with two attached hydrogens (primary N) is 1. The van der Waals surface area contributed by atoms with Crippen LogP contribution in [0.2, 0.25) is 0 Å². The smallest absolute Gasteiger partial charge is 0.321 e. The Morgan fingerprint density at radius 1 is 1.37 bits per heavy atom. The second-order valence-corrected chi connectivity index (χ2v) is 5.19. The lowest BCUT2D eigenvalue weighted by atomic mass is 9.97. The Morgan fingerprint density at radius 3 is 2.42 bits per heavy atom. The average Bonchev–Trinajstić information content (AvgIpc) is 2.38. The third-order valence-corrected chi connectivity index (χ3v) is 3.44. The lowest BCUT2D eigenvalue weighted by molar-refractivity contribution is -0.138. The van der Waals surface area contributed by atoms with Crippen molar-refractivity contribution >= 4 is 5.97 Å². The molecule has 3 N–H and O–H groups in total. The van der Waals surface area contributed by atoms with Crippen molar-refractivity contribution in [1.82, 2.24) is 4.90 Å². The Balaban J connectivity index is 2.55. The number of carboxylic acid groups (broad SMARTS) is 1. The molecule has 0 saturated heterocycles. The summed E-state index contributed by atoms with van der Waals surface area (Å²) in [5.74, 6) is -0.383. The van der Waals surface area contributed by atoms with E-state index in [1.165, 1.54) is 11.1 Å². The molecule has 19 heavy (non-hydrogen) atoms. The molecule has 106 valence electrons. The zero-order chi connectivity index (χ0) is 14.4. The van der Waals surface area contributed by atoms with Crippen LogP contribution in [-0.2, 0) is 11.3 Å². The summed E-state index contributed by atoms with van der Waals surface area (Å²) in [6, 6.07) is 7.67. The normalized spacial score (nSPS) is 14.4. The monoisotopic (exact) mass is 264 g/mol. The molecule has 0 aliphatic carbocycles. The highest BCUT2D eigenvalue weighted by molar-refractivity contribution is 5.73. The first kappa shape index (κ1) is 15.7. The summed E-state index contributed by atoms with van der Waals surface area (Å²) in [5, 5.41) is 8.77. The van der Waals surface area contributed by atoms with Gasteiger partial charge in [-0.05, 0) is 30.5 Å². The first-order valence-electron chi connectivity index (χ1n) is 6.69. The fraction of sp³-hybridized carbons (Fsp3) is 0.533. The molecule has 0 bridgehead atoms. The van der Waals surface area contributed by atoms with Crippen LogP contribution < -0.4 is 5.73 Å². The topological polar surface area (TPSA) is 66.6 Å². The molecule has 2 unspecified atom stereocenters. The van der Waals surface area contributed by atoms with Crippen molar-refractivity contribution in [3.63, 3.8) is 0 Å². The standard InChI is InChI=1S/C15H24N2O2/c1-4-11(2)13-7-5-12(6-8-13)9-17(3)10-14(16)15(18)19/h5-8,11,14H,4,9-10,16H2,1-3H3,(H,18,19). The van der Waals surface area contributed by atoms with E-state index in [1.807, 2.05) is 11.9 Å². The van der Waals surface area contributed by atoms with Gasteiger partial charge in [-0.3, -0.25) is 9.69 Å². The van der Waals surface area contributed by atoms with Crippen LogP contribution in [0.1, 0.15) is 37.3 Å². The zero-order valence-corrected chi connectivity index (χ0v) is 12.0. The third-order valence-electron chi connectivity index (χ3n) is 3.44. The molecule has 1 aromatic carbocycles. The number of hydrogen-bond acceptors (Lipinski definition) is 3. The van der Waals surface area contributed by atoms with E-state index in [1.54, 1.807) is 0 Å². The molecule has 0 aromatic heterocycles. The summed E-state index contributed by atoms with van der Waals surface area (Å²) in [6.07, 6.45) is 1.13. The van der Waals surface area contributed by atoms with Crippen LogP contribution in [0.3, 0.4) is 0 Å². The number of carboxylic acids is 1. The van der Waals surface area contributed by atoms with E-state index in [0.29, 0.717) is 19.0 Å². The molecule has 1 rings (SSSR count). The SMILES string of the molecule is CCC(C)c1ccc(CN(C)CC(N)C(=O)O)cc1. The van der Waals surface area contributed by atoms with E-state index in [9.17, 15) is 4.79 Å². The minimum Gasteiger partial charge on any atom is -0.480 e. The number of hydrogen-bond donors (Lipinski definition) is 2. The van der Waals surface area contributed by atoms with Gasteiger partial charge < -0.3 is 10.8 Å². The Bertz CT molecular complexity index is 403. The van der Waals surface area contributed by atoms with Gasteiger partial charge in [-0.25, -0.2) is 0 Å². The molecule has 0 saturated carbocycles. The van der Waals surface area contributed by atoms with Gasteiger partial charge in [-0.1, -0.05) is 38.1 Å². The van der Waals surface area contributed by atoms with Gasteiger partial charge in [-0.15, -0.1) is 0 Å². The molecular formula is C15H24N2O2. The fourth-order valence-electron chi connectivity index (χ4n) is 1.98. The summed E-state index contributed by atoms with van der Waals surface area (Å²) in [4.78, 5) is 12.6. The van der Waals surface area contributed by atoms with Gasteiger partial charge in [0.25, 0.3) is 0 Å². The molecule has 1 aromatic rings. The highest BCUT2D eigenvalue weighted by Gasteiger charge is 2.14. The van der Waals surface area contributed by atoms with Crippen molar-refractivity contribution < 1.29 is 9.90 Å². The number of aliphatic carboxylic acids is 1. The average molecular weight is 264 g/mol. The van der Waals surface area contributed by atoms with Crippen molar-refractivity contribution in [2.75, 3.05) is 13.6 Å². The Hall–Kier alpha value is -1.39. The molecule has 0 spiro atoms. The number of nitrogens with zero attached hydrogens (tertiary/aromatic N) is 1. The summed E-state index contributed by atoms with van der Waals surface area (Å²) in [5.41, 5.74) is 8.03. The summed E-state index contributed by atoms with van der Waals surface area (Å²) < 4.78 is 0. The van der Waals surface area contributed by atoms with Crippen LogP contribution in [0.5, 0.6) is 0 Å². The Kier molecular flexibility index (Phi) is 5.99. The van der Waals surface area contributed by atoms with Gasteiger partial charge in [-0.2, -0.15) is 0 Å². The predicted molar refractivity (Wildman–Crippen MR) is 77.1 cm³/mol. The highest BCUT2D eigenvalue weighted by Crippen LogP contribution is 2.19. The van der Waals surface area contributed by atoms with Crippen LogP contribution in [-0.4, -0.2) is 35.6 Å². The lowest BCUT2D eigenvalue weighted by Gasteiger charge is -2.19. The van der Waals surface area contributed by atoms with Crippen molar-refractivity contribution in [3.05, 3.63) is 35.4 Å². The summed E-state index contributed by atoms with van der Waals surface area (Å²) >= 11 is 0. The zero-order valence-electron chi connectivity index (χ0n) is 12.0. The van der Waals surface area contributed by atoms with E-state index >= 15 is 0 Å². The maximum Gasteiger partial charge on any atom is 0.321 e. The van der Waals surface area contributed by atoms with Crippen LogP contribution in [0.15, 0.2) is 24.3 Å². The number of carbonyl (C=O) groups is 1. The van der Waals surface area contributed by atoms with Gasteiger partial charge in [0.2, 0.25) is 0 Å². The van der Waals surface area contributed by atoms with Gasteiger partial charge in [0.05, 0.1) is 0 Å². The molecule has 0 heterocycles. The first-order valence-corrected chi connectivity index (χ1v) is 6.69. The van der Waals surface area contributed by atoms with Crippen molar-refractivity contribution in [2.45, 2.75) is 38.8 Å². The van der Waals surface area contributed by atoms with Crippen molar-refractivity contribution in [1.29, 1.82) is 0 Å². The van der Waals surface area contributed by atoms with E-state index in [4.69, 9.17) is 10.8 Å². The van der Waals surface area contributed by atoms with Gasteiger partial charge in [0, 0.05) is 13.1 Å². The Labute approximate surface area is 115 Å². The van der Waals surface area contributed by atoms with Gasteiger partial charge >= 0.3 is 5.97 Å². The largest absolute Gasteiger partial charge is 0.480 e. The molecule has 0 aliphatic rings. The maximum atomic E-state index is 10.7. The third kappa shape index (κ3) is 5.01. The molecule has 0 amide bonds. The van der Waals surface area contributed by atoms with Crippen molar-refractivity contribution in [3.8, 4) is 0 Å². The van der Waals surface area contributed by atoms with Crippen LogP contribution >= 0.6 is 0 Å². The molecule has 0 radical (unpaired) electrons. The molecule has 4 heteroatoms. The Morgan fingerprint density at radius 2 is 1.95 bits per heavy atom. The fourth-order valence-corrected chi connectivity index (χ4v) is 1.98. The quantitative estimate of drug-likeness (QED) is 0.791. The molecule has 0 aliphatic heterocycles.